The normalized spacial score (nSPS) is 12.3. The third kappa shape index (κ3) is 5.39. The van der Waals surface area contributed by atoms with Crippen LogP contribution in [-0.2, 0) is 0 Å². The SMILES string of the molecule is CCC(C)NCCCCCNc1cc(OC)cc2cccnc12. The van der Waals surface area contributed by atoms with Gasteiger partial charge in [-0.3, -0.25) is 4.98 Å². The Morgan fingerprint density at radius 3 is 2.78 bits per heavy atom. The fraction of sp³-hybridized carbons (Fsp3) is 0.526. The zero-order valence-electron chi connectivity index (χ0n) is 14.6. The van der Waals surface area contributed by atoms with Crippen LogP contribution < -0.4 is 15.4 Å². The van der Waals surface area contributed by atoms with E-state index in [1.54, 1.807) is 7.11 Å². The Balaban J connectivity index is 1.80. The van der Waals surface area contributed by atoms with Crippen molar-refractivity contribution in [3.8, 4) is 5.75 Å². The summed E-state index contributed by atoms with van der Waals surface area (Å²) in [6.45, 7) is 6.53. The van der Waals surface area contributed by atoms with Crippen LogP contribution in [-0.4, -0.2) is 31.2 Å². The smallest absolute Gasteiger partial charge is 0.121 e. The molecule has 0 fully saturated rings. The van der Waals surface area contributed by atoms with Gasteiger partial charge in [-0.2, -0.15) is 0 Å². The minimum absolute atomic E-state index is 0.627. The van der Waals surface area contributed by atoms with Crippen molar-refractivity contribution in [3.63, 3.8) is 0 Å². The van der Waals surface area contributed by atoms with Crippen LogP contribution in [0, 0.1) is 0 Å². The van der Waals surface area contributed by atoms with Crippen molar-refractivity contribution in [1.82, 2.24) is 10.3 Å². The van der Waals surface area contributed by atoms with E-state index in [4.69, 9.17) is 4.74 Å². The van der Waals surface area contributed by atoms with Crippen molar-refractivity contribution in [2.24, 2.45) is 0 Å². The molecule has 0 radical (unpaired) electrons. The summed E-state index contributed by atoms with van der Waals surface area (Å²) in [4.78, 5) is 4.49. The summed E-state index contributed by atoms with van der Waals surface area (Å²) in [6, 6.07) is 8.70. The number of pyridine rings is 1. The number of methoxy groups -OCH3 is 1. The number of rotatable bonds is 10. The van der Waals surface area contributed by atoms with Gasteiger partial charge in [0.1, 0.15) is 5.75 Å². The van der Waals surface area contributed by atoms with Crippen molar-refractivity contribution in [3.05, 3.63) is 30.5 Å². The average molecular weight is 315 g/mol. The van der Waals surface area contributed by atoms with E-state index in [1.165, 1.54) is 19.3 Å². The highest BCUT2D eigenvalue weighted by Crippen LogP contribution is 2.27. The summed E-state index contributed by atoms with van der Waals surface area (Å²) in [5.41, 5.74) is 2.06. The summed E-state index contributed by atoms with van der Waals surface area (Å²) >= 11 is 0. The molecule has 1 aromatic heterocycles. The molecule has 0 saturated heterocycles. The van der Waals surface area contributed by atoms with Gasteiger partial charge < -0.3 is 15.4 Å². The molecular weight excluding hydrogens is 286 g/mol. The predicted molar refractivity (Wildman–Crippen MR) is 98.4 cm³/mol. The van der Waals surface area contributed by atoms with Gasteiger partial charge in [-0.25, -0.2) is 0 Å². The molecule has 0 aliphatic heterocycles. The highest BCUT2D eigenvalue weighted by Gasteiger charge is 2.05. The number of aromatic nitrogens is 1. The molecule has 0 bridgehead atoms. The number of unbranched alkanes of at least 4 members (excludes halogenated alkanes) is 2. The van der Waals surface area contributed by atoms with E-state index in [0.29, 0.717) is 6.04 Å². The van der Waals surface area contributed by atoms with Crippen LogP contribution in [0.3, 0.4) is 0 Å². The van der Waals surface area contributed by atoms with Crippen molar-refractivity contribution >= 4 is 16.6 Å². The fourth-order valence-corrected chi connectivity index (χ4v) is 2.56. The molecule has 2 rings (SSSR count). The molecule has 4 nitrogen and oxygen atoms in total. The lowest BCUT2D eigenvalue weighted by Crippen LogP contribution is -2.26. The molecule has 0 aliphatic rings. The quantitative estimate of drug-likeness (QED) is 0.645. The van der Waals surface area contributed by atoms with Gasteiger partial charge in [-0.15, -0.1) is 0 Å². The topological polar surface area (TPSA) is 46.2 Å². The number of fused-ring (bicyclic) bond motifs is 1. The van der Waals surface area contributed by atoms with Gasteiger partial charge in [0.25, 0.3) is 0 Å². The Kier molecular flexibility index (Phi) is 7.14. The fourth-order valence-electron chi connectivity index (χ4n) is 2.56. The number of anilines is 1. The van der Waals surface area contributed by atoms with Crippen LogP contribution in [0.25, 0.3) is 10.9 Å². The van der Waals surface area contributed by atoms with E-state index in [0.717, 1.165) is 41.9 Å². The molecular formula is C19H29N3O. The van der Waals surface area contributed by atoms with E-state index >= 15 is 0 Å². The van der Waals surface area contributed by atoms with Crippen LogP contribution in [0.1, 0.15) is 39.5 Å². The first kappa shape index (κ1) is 17.5. The van der Waals surface area contributed by atoms with E-state index in [-0.39, 0.29) is 0 Å². The predicted octanol–water partition coefficient (Wildman–Crippen LogP) is 4.21. The molecule has 0 spiro atoms. The first-order valence-electron chi connectivity index (χ1n) is 8.64. The highest BCUT2D eigenvalue weighted by molar-refractivity contribution is 5.91. The summed E-state index contributed by atoms with van der Waals surface area (Å²) in [6.07, 6.45) is 6.64. The van der Waals surface area contributed by atoms with Gasteiger partial charge in [0.05, 0.1) is 18.3 Å². The molecule has 0 aliphatic carbocycles. The lowest BCUT2D eigenvalue weighted by atomic mass is 10.1. The molecule has 1 unspecified atom stereocenters. The Morgan fingerprint density at radius 1 is 1.17 bits per heavy atom. The number of hydrogen-bond donors (Lipinski definition) is 2. The van der Waals surface area contributed by atoms with Crippen LogP contribution in [0.5, 0.6) is 5.75 Å². The molecule has 1 heterocycles. The third-order valence-corrected chi connectivity index (χ3v) is 4.19. The van der Waals surface area contributed by atoms with E-state index in [2.05, 4.69) is 35.5 Å². The molecule has 2 aromatic rings. The van der Waals surface area contributed by atoms with Crippen molar-refractivity contribution in [1.29, 1.82) is 0 Å². The highest BCUT2D eigenvalue weighted by atomic mass is 16.5. The lowest BCUT2D eigenvalue weighted by Gasteiger charge is -2.12. The van der Waals surface area contributed by atoms with E-state index < -0.39 is 0 Å². The lowest BCUT2D eigenvalue weighted by molar-refractivity contribution is 0.415. The Morgan fingerprint density at radius 2 is 2.00 bits per heavy atom. The second-order valence-corrected chi connectivity index (χ2v) is 6.00. The van der Waals surface area contributed by atoms with Crippen molar-refractivity contribution in [2.75, 3.05) is 25.5 Å². The summed E-state index contributed by atoms with van der Waals surface area (Å²) in [5, 5.41) is 8.15. The van der Waals surface area contributed by atoms with Gasteiger partial charge in [-0.05, 0) is 44.9 Å². The molecule has 1 atom stereocenters. The second kappa shape index (κ2) is 9.36. The maximum absolute atomic E-state index is 5.38. The van der Waals surface area contributed by atoms with Crippen LogP contribution in [0.4, 0.5) is 5.69 Å². The number of nitrogens with one attached hydrogen (secondary N) is 2. The minimum atomic E-state index is 0.627. The molecule has 4 heteroatoms. The minimum Gasteiger partial charge on any atom is -0.497 e. The zero-order chi connectivity index (χ0) is 16.5. The largest absolute Gasteiger partial charge is 0.497 e. The summed E-state index contributed by atoms with van der Waals surface area (Å²) in [5.74, 6) is 0.866. The number of nitrogens with zero attached hydrogens (tertiary/aromatic N) is 1. The standard InChI is InChI=1S/C19H29N3O/c1-4-15(2)20-10-6-5-7-11-21-18-14-17(23-3)13-16-9-8-12-22-19(16)18/h8-9,12-15,20-21H,4-7,10-11H2,1-3H3. The van der Waals surface area contributed by atoms with Gasteiger partial charge in [-0.1, -0.05) is 19.4 Å². The van der Waals surface area contributed by atoms with Gasteiger partial charge >= 0.3 is 0 Å². The number of benzene rings is 1. The average Bonchev–Trinajstić information content (AvgIpc) is 2.60. The van der Waals surface area contributed by atoms with Crippen molar-refractivity contribution < 1.29 is 4.74 Å². The Labute approximate surface area is 139 Å². The van der Waals surface area contributed by atoms with E-state index in [1.807, 2.05) is 24.4 Å². The van der Waals surface area contributed by atoms with Gasteiger partial charge in [0.2, 0.25) is 0 Å². The first-order valence-corrected chi connectivity index (χ1v) is 8.64. The third-order valence-electron chi connectivity index (χ3n) is 4.19. The van der Waals surface area contributed by atoms with Crippen LogP contribution >= 0.6 is 0 Å². The number of hydrogen-bond acceptors (Lipinski definition) is 4. The zero-order valence-corrected chi connectivity index (χ0v) is 14.6. The molecule has 0 saturated carbocycles. The molecule has 2 N–H and O–H groups in total. The first-order chi connectivity index (χ1) is 11.2. The Bertz CT molecular complexity index is 600. The van der Waals surface area contributed by atoms with E-state index in [9.17, 15) is 0 Å². The summed E-state index contributed by atoms with van der Waals surface area (Å²) < 4.78 is 5.38. The second-order valence-electron chi connectivity index (χ2n) is 6.00. The van der Waals surface area contributed by atoms with Crippen molar-refractivity contribution in [2.45, 2.75) is 45.6 Å². The number of ether oxygens (including phenoxy) is 1. The molecule has 0 amide bonds. The molecule has 126 valence electrons. The molecule has 23 heavy (non-hydrogen) atoms. The molecule has 1 aromatic carbocycles. The van der Waals surface area contributed by atoms with Gasteiger partial charge in [0.15, 0.2) is 0 Å². The maximum Gasteiger partial charge on any atom is 0.121 e. The van der Waals surface area contributed by atoms with Gasteiger partial charge in [0, 0.05) is 30.2 Å². The monoisotopic (exact) mass is 315 g/mol. The summed E-state index contributed by atoms with van der Waals surface area (Å²) in [7, 11) is 1.70. The van der Waals surface area contributed by atoms with Crippen LogP contribution in [0.2, 0.25) is 0 Å². The van der Waals surface area contributed by atoms with Crippen LogP contribution in [0.15, 0.2) is 30.5 Å². The maximum atomic E-state index is 5.38. The Hall–Kier alpha value is -1.81.